The first-order valence-corrected chi connectivity index (χ1v) is 7.56. The van der Waals surface area contributed by atoms with Gasteiger partial charge in [-0.15, -0.1) is 12.4 Å². The average Bonchev–Trinajstić information content (AvgIpc) is 2.91. The molecule has 3 nitrogen and oxygen atoms in total. The van der Waals surface area contributed by atoms with Crippen molar-refractivity contribution in [3.8, 4) is 0 Å². The monoisotopic (exact) mass is 328 g/mol. The third-order valence-corrected chi connectivity index (χ3v) is 4.48. The highest BCUT2D eigenvalue weighted by Crippen LogP contribution is 2.41. The number of hydrogen-bond acceptors (Lipinski definition) is 2. The summed E-state index contributed by atoms with van der Waals surface area (Å²) in [6.45, 7) is 1.47. The third kappa shape index (κ3) is 5.33. The molecule has 1 amide bonds. The Bertz CT molecular complexity index is 333. The topological polar surface area (TPSA) is 41.1 Å². The van der Waals surface area contributed by atoms with Crippen molar-refractivity contribution >= 4 is 18.3 Å². The van der Waals surface area contributed by atoms with Crippen molar-refractivity contribution in [2.75, 3.05) is 13.1 Å². The molecule has 0 radical (unpaired) electrons. The zero-order chi connectivity index (χ0) is 14.6. The van der Waals surface area contributed by atoms with Crippen molar-refractivity contribution in [3.05, 3.63) is 0 Å². The minimum Gasteiger partial charge on any atom is -0.356 e. The number of halogens is 4. The predicted octanol–water partition coefficient (Wildman–Crippen LogP) is 3.04. The zero-order valence-corrected chi connectivity index (χ0v) is 12.9. The number of rotatable bonds is 4. The fourth-order valence-electron chi connectivity index (χ4n) is 3.34. The number of carbonyl (C=O) groups excluding carboxylic acids is 1. The van der Waals surface area contributed by atoms with Crippen LogP contribution in [0.1, 0.15) is 44.9 Å². The number of hydrogen-bond donors (Lipinski definition) is 2. The van der Waals surface area contributed by atoms with Crippen LogP contribution in [0.25, 0.3) is 0 Å². The first kappa shape index (κ1) is 18.6. The van der Waals surface area contributed by atoms with Crippen LogP contribution in [0, 0.1) is 11.8 Å². The lowest BCUT2D eigenvalue weighted by molar-refractivity contribution is -0.198. The molecule has 2 fully saturated rings. The lowest BCUT2D eigenvalue weighted by Crippen LogP contribution is -2.43. The SMILES string of the molecule is Cl.O=C(NCC[C@H]1CCCN1)C1CCCCC1C(F)(F)F. The van der Waals surface area contributed by atoms with E-state index >= 15 is 0 Å². The summed E-state index contributed by atoms with van der Waals surface area (Å²) >= 11 is 0. The Hall–Kier alpha value is -0.490. The third-order valence-electron chi connectivity index (χ3n) is 4.48. The molecule has 1 aliphatic carbocycles. The van der Waals surface area contributed by atoms with Gasteiger partial charge in [0.2, 0.25) is 5.91 Å². The van der Waals surface area contributed by atoms with Gasteiger partial charge in [-0.25, -0.2) is 0 Å². The molecule has 1 aliphatic heterocycles. The standard InChI is InChI=1S/C14H23F3N2O.ClH/c15-14(16,17)12-6-2-1-5-11(12)13(20)19-9-7-10-4-3-8-18-10;/h10-12,18H,1-9H2,(H,19,20);1H/t10-,11?,12?;/m1./s1. The zero-order valence-electron chi connectivity index (χ0n) is 12.0. The number of carbonyl (C=O) groups is 1. The summed E-state index contributed by atoms with van der Waals surface area (Å²) in [4.78, 5) is 12.0. The van der Waals surface area contributed by atoms with Crippen molar-refractivity contribution in [1.82, 2.24) is 10.6 Å². The lowest BCUT2D eigenvalue weighted by atomic mass is 9.78. The number of amides is 1. The molecule has 1 saturated carbocycles. The van der Waals surface area contributed by atoms with E-state index in [1.807, 2.05) is 0 Å². The van der Waals surface area contributed by atoms with E-state index in [9.17, 15) is 18.0 Å². The number of alkyl halides is 3. The van der Waals surface area contributed by atoms with Crippen LogP contribution in [0.3, 0.4) is 0 Å². The van der Waals surface area contributed by atoms with Gasteiger partial charge in [0.15, 0.2) is 0 Å². The molecule has 2 N–H and O–H groups in total. The molecule has 2 aliphatic rings. The Morgan fingerprint density at radius 1 is 1.14 bits per heavy atom. The van der Waals surface area contributed by atoms with E-state index in [-0.39, 0.29) is 18.8 Å². The van der Waals surface area contributed by atoms with E-state index in [2.05, 4.69) is 10.6 Å². The van der Waals surface area contributed by atoms with Gasteiger partial charge in [0.25, 0.3) is 0 Å². The van der Waals surface area contributed by atoms with E-state index in [4.69, 9.17) is 0 Å². The molecule has 21 heavy (non-hydrogen) atoms. The summed E-state index contributed by atoms with van der Waals surface area (Å²) in [6.07, 6.45) is 0.505. The first-order valence-electron chi connectivity index (χ1n) is 7.56. The van der Waals surface area contributed by atoms with E-state index in [1.54, 1.807) is 0 Å². The molecule has 1 saturated heterocycles. The Morgan fingerprint density at radius 3 is 2.48 bits per heavy atom. The van der Waals surface area contributed by atoms with Gasteiger partial charge in [-0.2, -0.15) is 13.2 Å². The van der Waals surface area contributed by atoms with Crippen molar-refractivity contribution in [1.29, 1.82) is 0 Å². The summed E-state index contributed by atoms with van der Waals surface area (Å²) in [6, 6.07) is 0.403. The molecule has 0 spiro atoms. The molecule has 0 aromatic carbocycles. The summed E-state index contributed by atoms with van der Waals surface area (Å²) < 4.78 is 38.8. The Balaban J connectivity index is 0.00000220. The van der Waals surface area contributed by atoms with Gasteiger partial charge in [0.05, 0.1) is 5.92 Å². The summed E-state index contributed by atoms with van der Waals surface area (Å²) in [7, 11) is 0. The molecule has 0 aromatic heterocycles. The van der Waals surface area contributed by atoms with E-state index in [0.29, 0.717) is 25.4 Å². The van der Waals surface area contributed by atoms with Crippen molar-refractivity contribution in [2.45, 2.75) is 57.2 Å². The van der Waals surface area contributed by atoms with Gasteiger partial charge in [0, 0.05) is 18.5 Å². The fourth-order valence-corrected chi connectivity index (χ4v) is 3.34. The normalized spacial score (nSPS) is 29.8. The molecule has 0 aromatic rings. The second kappa shape index (κ2) is 8.22. The quantitative estimate of drug-likeness (QED) is 0.833. The minimum atomic E-state index is -4.25. The van der Waals surface area contributed by atoms with Gasteiger partial charge in [-0.05, 0) is 38.6 Å². The van der Waals surface area contributed by atoms with Crippen molar-refractivity contribution in [2.24, 2.45) is 11.8 Å². The maximum Gasteiger partial charge on any atom is 0.392 e. The van der Waals surface area contributed by atoms with E-state index in [1.165, 1.54) is 0 Å². The van der Waals surface area contributed by atoms with Gasteiger partial charge in [-0.3, -0.25) is 4.79 Å². The smallest absolute Gasteiger partial charge is 0.356 e. The predicted molar refractivity (Wildman–Crippen MR) is 77.4 cm³/mol. The summed E-state index contributed by atoms with van der Waals surface area (Å²) in [5.41, 5.74) is 0. The number of nitrogens with one attached hydrogen (secondary N) is 2. The van der Waals surface area contributed by atoms with Gasteiger partial charge < -0.3 is 10.6 Å². The molecule has 1 heterocycles. The molecule has 3 atom stereocenters. The molecule has 7 heteroatoms. The molecule has 0 bridgehead atoms. The lowest BCUT2D eigenvalue weighted by Gasteiger charge is -2.32. The van der Waals surface area contributed by atoms with Crippen LogP contribution in [0.2, 0.25) is 0 Å². The largest absolute Gasteiger partial charge is 0.392 e. The van der Waals surface area contributed by atoms with Gasteiger partial charge in [0.1, 0.15) is 0 Å². The molecular weight excluding hydrogens is 305 g/mol. The first-order chi connectivity index (χ1) is 9.48. The van der Waals surface area contributed by atoms with Crippen LogP contribution < -0.4 is 10.6 Å². The second-order valence-corrected chi connectivity index (χ2v) is 5.91. The highest BCUT2D eigenvalue weighted by Gasteiger charge is 2.47. The van der Waals surface area contributed by atoms with Crippen molar-refractivity contribution < 1.29 is 18.0 Å². The van der Waals surface area contributed by atoms with Crippen LogP contribution in [-0.4, -0.2) is 31.2 Å². The van der Waals surface area contributed by atoms with Crippen molar-refractivity contribution in [3.63, 3.8) is 0 Å². The van der Waals surface area contributed by atoms with Crippen LogP contribution in [0.5, 0.6) is 0 Å². The average molecular weight is 329 g/mol. The fraction of sp³-hybridized carbons (Fsp3) is 0.929. The summed E-state index contributed by atoms with van der Waals surface area (Å²) in [5, 5.41) is 6.01. The van der Waals surface area contributed by atoms with Gasteiger partial charge in [-0.1, -0.05) is 12.8 Å². The molecular formula is C14H24ClF3N2O. The maximum atomic E-state index is 12.9. The second-order valence-electron chi connectivity index (χ2n) is 5.91. The molecule has 2 unspecified atom stereocenters. The highest BCUT2D eigenvalue weighted by molar-refractivity contribution is 5.85. The minimum absolute atomic E-state index is 0. The van der Waals surface area contributed by atoms with Crippen LogP contribution in [0.4, 0.5) is 13.2 Å². The van der Waals surface area contributed by atoms with Crippen LogP contribution in [-0.2, 0) is 4.79 Å². The highest BCUT2D eigenvalue weighted by atomic mass is 35.5. The maximum absolute atomic E-state index is 12.9. The summed E-state index contributed by atoms with van der Waals surface area (Å²) in [5.74, 6) is -2.76. The van der Waals surface area contributed by atoms with Gasteiger partial charge >= 0.3 is 6.18 Å². The Morgan fingerprint density at radius 2 is 1.86 bits per heavy atom. The Labute approximate surface area is 129 Å². The van der Waals surface area contributed by atoms with E-state index < -0.39 is 23.9 Å². The van der Waals surface area contributed by atoms with Crippen LogP contribution >= 0.6 is 12.4 Å². The Kier molecular flexibility index (Phi) is 7.27. The van der Waals surface area contributed by atoms with E-state index in [0.717, 1.165) is 32.2 Å². The molecule has 2 rings (SSSR count). The molecule has 124 valence electrons. The van der Waals surface area contributed by atoms with Crippen LogP contribution in [0.15, 0.2) is 0 Å².